The van der Waals surface area contributed by atoms with Crippen LogP contribution in [0.15, 0.2) is 24.4 Å². The molecule has 1 rings (SSSR count). The number of carboxylic acid groups (broad SMARTS) is 1. The van der Waals surface area contributed by atoms with Crippen molar-refractivity contribution in [3.8, 4) is 0 Å². The van der Waals surface area contributed by atoms with Crippen molar-refractivity contribution in [2.75, 3.05) is 0 Å². The molecule has 0 bridgehead atoms. The number of carboxylic acids is 1. The van der Waals surface area contributed by atoms with Crippen molar-refractivity contribution in [3.63, 3.8) is 0 Å². The van der Waals surface area contributed by atoms with Gasteiger partial charge in [0.25, 0.3) is 0 Å². The predicted octanol–water partition coefficient (Wildman–Crippen LogP) is 2.12. The zero-order valence-electron chi connectivity index (χ0n) is 8.19. The average Bonchev–Trinajstić information content (AvgIpc) is 2.06. The molecule has 0 fully saturated rings. The van der Waals surface area contributed by atoms with Crippen molar-refractivity contribution in [2.24, 2.45) is 5.92 Å². The van der Waals surface area contributed by atoms with Crippen LogP contribution in [0.1, 0.15) is 19.5 Å². The van der Waals surface area contributed by atoms with Crippen LogP contribution in [0.25, 0.3) is 0 Å². The molecule has 0 aliphatic carbocycles. The first-order chi connectivity index (χ1) is 6.04. The van der Waals surface area contributed by atoms with Gasteiger partial charge in [-0.3, -0.25) is 9.78 Å². The van der Waals surface area contributed by atoms with Crippen molar-refractivity contribution < 1.29 is 9.90 Å². The molecule has 1 aromatic rings. The second-order valence-corrected chi connectivity index (χ2v) is 2.96. The van der Waals surface area contributed by atoms with Crippen LogP contribution in [0.4, 0.5) is 0 Å². The Bertz CT molecular complexity index is 244. The molecule has 0 radical (unpaired) electrons. The fourth-order valence-corrected chi connectivity index (χ4v) is 0.448. The molecule has 0 aliphatic rings. The molecule has 13 heavy (non-hydrogen) atoms. The molecule has 0 unspecified atom stereocenters. The van der Waals surface area contributed by atoms with Gasteiger partial charge in [0.1, 0.15) is 0 Å². The smallest absolute Gasteiger partial charge is 0.305 e. The van der Waals surface area contributed by atoms with Gasteiger partial charge >= 0.3 is 5.97 Å². The highest BCUT2D eigenvalue weighted by molar-refractivity contribution is 5.68. The standard InChI is InChI=1S/C6H7N.C4H8O2/c1-6-4-2-3-5-7-6;1-3(2)4(5)6/h2-5H,1H3;3H,1-2H3,(H,5,6). The third-order valence-electron chi connectivity index (χ3n) is 1.31. The van der Waals surface area contributed by atoms with Gasteiger partial charge in [0, 0.05) is 11.9 Å². The van der Waals surface area contributed by atoms with Crippen LogP contribution in [-0.4, -0.2) is 16.1 Å². The number of pyridine rings is 1. The highest BCUT2D eigenvalue weighted by Gasteiger charge is 1.99. The first kappa shape index (κ1) is 11.6. The zero-order chi connectivity index (χ0) is 10.3. The average molecular weight is 181 g/mol. The Morgan fingerprint density at radius 1 is 1.46 bits per heavy atom. The highest BCUT2D eigenvalue weighted by atomic mass is 16.4. The van der Waals surface area contributed by atoms with E-state index in [0.717, 1.165) is 5.69 Å². The number of aliphatic carboxylic acids is 1. The van der Waals surface area contributed by atoms with Crippen LogP contribution in [0.2, 0.25) is 0 Å². The lowest BCUT2D eigenvalue weighted by molar-refractivity contribution is -0.140. The Morgan fingerprint density at radius 2 is 2.00 bits per heavy atom. The summed E-state index contributed by atoms with van der Waals surface area (Å²) >= 11 is 0. The van der Waals surface area contributed by atoms with E-state index in [9.17, 15) is 4.79 Å². The summed E-state index contributed by atoms with van der Waals surface area (Å²) in [6.07, 6.45) is 1.79. The summed E-state index contributed by atoms with van der Waals surface area (Å²) in [7, 11) is 0. The first-order valence-corrected chi connectivity index (χ1v) is 4.14. The lowest BCUT2D eigenvalue weighted by atomic mass is 10.2. The van der Waals surface area contributed by atoms with E-state index in [-0.39, 0.29) is 5.92 Å². The van der Waals surface area contributed by atoms with Crippen molar-refractivity contribution in [2.45, 2.75) is 20.8 Å². The van der Waals surface area contributed by atoms with E-state index in [4.69, 9.17) is 5.11 Å². The van der Waals surface area contributed by atoms with Gasteiger partial charge < -0.3 is 5.11 Å². The normalized spacial score (nSPS) is 8.92. The van der Waals surface area contributed by atoms with Crippen molar-refractivity contribution >= 4 is 5.97 Å². The fourth-order valence-electron chi connectivity index (χ4n) is 0.448. The third kappa shape index (κ3) is 7.00. The minimum atomic E-state index is -0.741. The minimum Gasteiger partial charge on any atom is -0.481 e. The number of hydrogen-bond donors (Lipinski definition) is 1. The number of rotatable bonds is 1. The molecular weight excluding hydrogens is 166 g/mol. The van der Waals surface area contributed by atoms with Crippen LogP contribution in [0.5, 0.6) is 0 Å². The van der Waals surface area contributed by atoms with Gasteiger partial charge in [-0.25, -0.2) is 0 Å². The second kappa shape index (κ2) is 6.17. The van der Waals surface area contributed by atoms with Gasteiger partial charge in [0.2, 0.25) is 0 Å². The summed E-state index contributed by atoms with van der Waals surface area (Å²) in [4.78, 5) is 13.7. The van der Waals surface area contributed by atoms with Crippen molar-refractivity contribution in [1.82, 2.24) is 4.98 Å². The predicted molar refractivity (Wildman–Crippen MR) is 51.4 cm³/mol. The van der Waals surface area contributed by atoms with Crippen LogP contribution in [-0.2, 0) is 4.79 Å². The molecular formula is C10H15NO2. The van der Waals surface area contributed by atoms with Gasteiger partial charge in [-0.15, -0.1) is 0 Å². The summed E-state index contributed by atoms with van der Waals surface area (Å²) < 4.78 is 0. The van der Waals surface area contributed by atoms with Gasteiger partial charge in [-0.1, -0.05) is 19.9 Å². The van der Waals surface area contributed by atoms with E-state index in [0.29, 0.717) is 0 Å². The molecule has 72 valence electrons. The van der Waals surface area contributed by atoms with E-state index in [1.807, 2.05) is 25.1 Å². The summed E-state index contributed by atoms with van der Waals surface area (Å²) in [5, 5.41) is 7.99. The number of nitrogens with zero attached hydrogens (tertiary/aromatic N) is 1. The van der Waals surface area contributed by atoms with E-state index in [2.05, 4.69) is 4.98 Å². The number of hydrogen-bond acceptors (Lipinski definition) is 2. The lowest BCUT2D eigenvalue weighted by Crippen LogP contribution is -2.03. The third-order valence-corrected chi connectivity index (χ3v) is 1.31. The molecule has 0 aromatic carbocycles. The Balaban J connectivity index is 0.000000226. The number of carbonyl (C=O) groups is 1. The molecule has 1 aromatic heterocycles. The second-order valence-electron chi connectivity index (χ2n) is 2.96. The molecule has 0 saturated carbocycles. The number of aromatic nitrogens is 1. The summed E-state index contributed by atoms with van der Waals surface area (Å²) in [5.41, 5.74) is 1.07. The maximum absolute atomic E-state index is 9.70. The SMILES string of the molecule is CC(C)C(=O)O.Cc1ccccn1. The summed E-state index contributed by atoms with van der Waals surface area (Å²) in [5.74, 6) is -0.972. The molecule has 0 atom stereocenters. The molecule has 0 aliphatic heterocycles. The van der Waals surface area contributed by atoms with Crippen molar-refractivity contribution in [3.05, 3.63) is 30.1 Å². The van der Waals surface area contributed by atoms with Crippen LogP contribution in [0.3, 0.4) is 0 Å². The van der Waals surface area contributed by atoms with E-state index in [1.54, 1.807) is 20.0 Å². The van der Waals surface area contributed by atoms with Gasteiger partial charge in [0.15, 0.2) is 0 Å². The maximum Gasteiger partial charge on any atom is 0.305 e. The van der Waals surface area contributed by atoms with Crippen LogP contribution >= 0.6 is 0 Å². The zero-order valence-corrected chi connectivity index (χ0v) is 8.19. The molecule has 3 nitrogen and oxygen atoms in total. The van der Waals surface area contributed by atoms with Gasteiger partial charge in [-0.2, -0.15) is 0 Å². The largest absolute Gasteiger partial charge is 0.481 e. The van der Waals surface area contributed by atoms with Crippen molar-refractivity contribution in [1.29, 1.82) is 0 Å². The van der Waals surface area contributed by atoms with Gasteiger partial charge in [0.05, 0.1) is 5.92 Å². The molecule has 1 N–H and O–H groups in total. The molecule has 0 saturated heterocycles. The van der Waals surface area contributed by atoms with Gasteiger partial charge in [-0.05, 0) is 19.1 Å². The lowest BCUT2D eigenvalue weighted by Gasteiger charge is -1.89. The Labute approximate surface area is 78.4 Å². The first-order valence-electron chi connectivity index (χ1n) is 4.14. The quantitative estimate of drug-likeness (QED) is 0.722. The molecule has 0 amide bonds. The Hall–Kier alpha value is -1.38. The molecule has 1 heterocycles. The monoisotopic (exact) mass is 181 g/mol. The Morgan fingerprint density at radius 3 is 2.15 bits per heavy atom. The molecule has 0 spiro atoms. The summed E-state index contributed by atoms with van der Waals surface area (Å²) in [6, 6.07) is 5.86. The summed E-state index contributed by atoms with van der Waals surface area (Å²) in [6.45, 7) is 5.25. The highest BCUT2D eigenvalue weighted by Crippen LogP contribution is 1.87. The minimum absolute atomic E-state index is 0.231. The van der Waals surface area contributed by atoms with E-state index >= 15 is 0 Å². The Kier molecular flexibility index (Phi) is 5.52. The molecule has 3 heteroatoms. The van der Waals surface area contributed by atoms with E-state index in [1.165, 1.54) is 0 Å². The van der Waals surface area contributed by atoms with E-state index < -0.39 is 5.97 Å². The van der Waals surface area contributed by atoms with Crippen LogP contribution in [0, 0.1) is 12.8 Å². The fraction of sp³-hybridized carbons (Fsp3) is 0.400. The topological polar surface area (TPSA) is 50.2 Å². The number of aryl methyl sites for hydroxylation is 1. The maximum atomic E-state index is 9.70. The van der Waals surface area contributed by atoms with Crippen LogP contribution < -0.4 is 0 Å².